The minimum absolute atomic E-state index is 0.452. The number of aliphatic hydroxyl groups is 1. The average Bonchev–Trinajstić information content (AvgIpc) is 2.25. The smallest absolute Gasteiger partial charge is 0.412 e. The van der Waals surface area contributed by atoms with Gasteiger partial charge in [0.1, 0.15) is 5.60 Å². The lowest BCUT2D eigenvalue weighted by Gasteiger charge is -2.47. The Kier molecular flexibility index (Phi) is 3.57. The van der Waals surface area contributed by atoms with Crippen LogP contribution in [0.2, 0.25) is 0 Å². The van der Waals surface area contributed by atoms with E-state index in [0.717, 1.165) is 4.47 Å². The highest BCUT2D eigenvalue weighted by molar-refractivity contribution is 9.10. The molecule has 0 radical (unpaired) electrons. The molecule has 0 aromatic carbocycles. The van der Waals surface area contributed by atoms with Crippen molar-refractivity contribution in [1.82, 2.24) is 9.88 Å². The van der Waals surface area contributed by atoms with E-state index in [0.29, 0.717) is 18.7 Å². The van der Waals surface area contributed by atoms with E-state index < -0.39 is 17.4 Å². The summed E-state index contributed by atoms with van der Waals surface area (Å²) in [5, 5.41) is 10.5. The van der Waals surface area contributed by atoms with Gasteiger partial charge in [0.2, 0.25) is 0 Å². The molecule has 1 atom stereocenters. The number of amides is 1. The predicted molar refractivity (Wildman–Crippen MR) is 73.4 cm³/mol. The molecule has 104 valence electrons. The Labute approximate surface area is 120 Å². The fourth-order valence-electron chi connectivity index (χ4n) is 1.87. The van der Waals surface area contributed by atoms with E-state index in [4.69, 9.17) is 4.74 Å². The van der Waals surface area contributed by atoms with Gasteiger partial charge in [-0.05, 0) is 48.8 Å². The van der Waals surface area contributed by atoms with E-state index in [1.54, 1.807) is 39.1 Å². The molecular formula is C13H17BrN2O3. The molecule has 0 spiro atoms. The van der Waals surface area contributed by atoms with Gasteiger partial charge in [0, 0.05) is 23.6 Å². The molecule has 1 unspecified atom stereocenters. The summed E-state index contributed by atoms with van der Waals surface area (Å²) in [4.78, 5) is 17.5. The molecule has 2 rings (SSSR count). The van der Waals surface area contributed by atoms with Crippen molar-refractivity contribution in [2.45, 2.75) is 38.5 Å². The van der Waals surface area contributed by atoms with Crippen LogP contribution in [0.15, 0.2) is 22.8 Å². The normalized spacial score (nSPS) is 22.9. The van der Waals surface area contributed by atoms with Gasteiger partial charge >= 0.3 is 6.09 Å². The van der Waals surface area contributed by atoms with Crippen LogP contribution >= 0.6 is 15.9 Å². The quantitative estimate of drug-likeness (QED) is 0.860. The van der Waals surface area contributed by atoms with Gasteiger partial charge in [-0.25, -0.2) is 4.79 Å². The van der Waals surface area contributed by atoms with Gasteiger partial charge in [0.25, 0.3) is 0 Å². The fraction of sp³-hybridized carbons (Fsp3) is 0.538. The lowest BCUT2D eigenvalue weighted by Crippen LogP contribution is -2.61. The molecule has 6 heteroatoms. The number of carbonyl (C=O) groups is 1. The van der Waals surface area contributed by atoms with Crippen LogP contribution in [-0.2, 0) is 10.5 Å². The summed E-state index contributed by atoms with van der Waals surface area (Å²) in [6.45, 7) is 5.84. The van der Waals surface area contributed by atoms with Gasteiger partial charge in [0.05, 0.1) is 5.69 Å². The van der Waals surface area contributed by atoms with Gasteiger partial charge in [-0.3, -0.25) is 9.88 Å². The summed E-state index contributed by atoms with van der Waals surface area (Å²) in [6.07, 6.45) is 1.53. The Hall–Kier alpha value is -1.14. The van der Waals surface area contributed by atoms with Crippen molar-refractivity contribution in [3.05, 3.63) is 28.5 Å². The SMILES string of the molecule is CC(C)(C)OC(=O)N1CCC1(O)c1ccc(Br)cn1. The number of hydrogen-bond acceptors (Lipinski definition) is 4. The summed E-state index contributed by atoms with van der Waals surface area (Å²) in [7, 11) is 0. The summed E-state index contributed by atoms with van der Waals surface area (Å²) in [5.74, 6) is 0. The summed E-state index contributed by atoms with van der Waals surface area (Å²) >= 11 is 3.29. The average molecular weight is 329 g/mol. The van der Waals surface area contributed by atoms with E-state index in [1.807, 2.05) is 0 Å². The molecule has 2 heterocycles. The van der Waals surface area contributed by atoms with Crippen LogP contribution < -0.4 is 0 Å². The van der Waals surface area contributed by atoms with Crippen molar-refractivity contribution in [1.29, 1.82) is 0 Å². The van der Waals surface area contributed by atoms with Crippen LogP contribution in [0.25, 0.3) is 0 Å². The minimum atomic E-state index is -1.36. The zero-order valence-electron chi connectivity index (χ0n) is 11.2. The third-order valence-corrected chi connectivity index (χ3v) is 3.35. The molecule has 1 aliphatic heterocycles. The number of hydrogen-bond donors (Lipinski definition) is 1. The zero-order valence-corrected chi connectivity index (χ0v) is 12.8. The van der Waals surface area contributed by atoms with Gasteiger partial charge in [0.15, 0.2) is 5.72 Å². The summed E-state index contributed by atoms with van der Waals surface area (Å²) < 4.78 is 6.09. The first-order valence-corrected chi connectivity index (χ1v) is 6.87. The summed E-state index contributed by atoms with van der Waals surface area (Å²) in [5.41, 5.74) is -1.49. The van der Waals surface area contributed by atoms with Gasteiger partial charge < -0.3 is 9.84 Å². The van der Waals surface area contributed by atoms with Gasteiger partial charge in [-0.15, -0.1) is 0 Å². The number of ether oxygens (including phenoxy) is 1. The number of pyridine rings is 1. The number of nitrogens with zero attached hydrogens (tertiary/aromatic N) is 2. The van der Waals surface area contributed by atoms with Crippen LogP contribution in [0, 0.1) is 0 Å². The molecule has 1 fully saturated rings. The van der Waals surface area contributed by atoms with Crippen LogP contribution in [0.3, 0.4) is 0 Å². The third kappa shape index (κ3) is 2.90. The molecule has 0 aliphatic carbocycles. The van der Waals surface area contributed by atoms with Crippen LogP contribution in [0.4, 0.5) is 4.79 Å². The Morgan fingerprint density at radius 3 is 2.63 bits per heavy atom. The highest BCUT2D eigenvalue weighted by Gasteiger charge is 2.50. The van der Waals surface area contributed by atoms with Crippen molar-refractivity contribution >= 4 is 22.0 Å². The van der Waals surface area contributed by atoms with E-state index in [9.17, 15) is 9.90 Å². The maximum absolute atomic E-state index is 12.0. The van der Waals surface area contributed by atoms with E-state index >= 15 is 0 Å². The fourth-order valence-corrected chi connectivity index (χ4v) is 2.11. The molecule has 5 nitrogen and oxygen atoms in total. The standard InChI is InChI=1S/C13H17BrN2O3/c1-12(2,3)19-11(17)16-7-6-13(16,18)10-5-4-9(14)8-15-10/h4-5,8,18H,6-7H2,1-3H3. The number of halogens is 1. The molecule has 0 bridgehead atoms. The highest BCUT2D eigenvalue weighted by Crippen LogP contribution is 2.38. The van der Waals surface area contributed by atoms with E-state index in [-0.39, 0.29) is 0 Å². The predicted octanol–water partition coefficient (Wildman–Crippen LogP) is 2.63. The molecule has 1 aliphatic rings. The van der Waals surface area contributed by atoms with Crippen molar-refractivity contribution in [3.8, 4) is 0 Å². The van der Waals surface area contributed by atoms with Gasteiger partial charge in [-0.2, -0.15) is 0 Å². The van der Waals surface area contributed by atoms with Crippen molar-refractivity contribution < 1.29 is 14.6 Å². The van der Waals surface area contributed by atoms with Crippen LogP contribution in [-0.4, -0.2) is 33.2 Å². The maximum Gasteiger partial charge on any atom is 0.412 e. The number of carbonyl (C=O) groups excluding carboxylic acids is 1. The van der Waals surface area contributed by atoms with Crippen molar-refractivity contribution in [2.24, 2.45) is 0 Å². The monoisotopic (exact) mass is 328 g/mol. The van der Waals surface area contributed by atoms with Gasteiger partial charge in [-0.1, -0.05) is 0 Å². The first-order valence-electron chi connectivity index (χ1n) is 6.07. The lowest BCUT2D eigenvalue weighted by atomic mass is 9.94. The number of rotatable bonds is 1. The Balaban J connectivity index is 2.16. The van der Waals surface area contributed by atoms with Crippen LogP contribution in [0.1, 0.15) is 32.9 Å². The summed E-state index contributed by atoms with van der Waals surface area (Å²) in [6, 6.07) is 3.48. The molecule has 19 heavy (non-hydrogen) atoms. The molecule has 1 N–H and O–H groups in total. The molecular weight excluding hydrogens is 312 g/mol. The third-order valence-electron chi connectivity index (χ3n) is 2.88. The van der Waals surface area contributed by atoms with Crippen molar-refractivity contribution in [2.75, 3.05) is 6.54 Å². The molecule has 1 aromatic rings. The Bertz CT molecular complexity index is 484. The first kappa shape index (κ1) is 14.3. The molecule has 0 saturated carbocycles. The number of likely N-dealkylation sites (tertiary alicyclic amines) is 1. The Morgan fingerprint density at radius 2 is 2.21 bits per heavy atom. The lowest BCUT2D eigenvalue weighted by molar-refractivity contribution is -0.179. The van der Waals surface area contributed by atoms with Crippen LogP contribution in [0.5, 0.6) is 0 Å². The zero-order chi connectivity index (χ0) is 14.3. The maximum atomic E-state index is 12.0. The molecule has 1 saturated heterocycles. The van der Waals surface area contributed by atoms with E-state index in [1.165, 1.54) is 4.90 Å². The first-order chi connectivity index (χ1) is 8.72. The second-order valence-electron chi connectivity index (χ2n) is 5.56. The topological polar surface area (TPSA) is 62.7 Å². The minimum Gasteiger partial charge on any atom is -0.444 e. The second-order valence-corrected chi connectivity index (χ2v) is 6.48. The van der Waals surface area contributed by atoms with Crippen molar-refractivity contribution in [3.63, 3.8) is 0 Å². The van der Waals surface area contributed by atoms with E-state index in [2.05, 4.69) is 20.9 Å². The molecule has 1 aromatic heterocycles. The Morgan fingerprint density at radius 1 is 1.53 bits per heavy atom. The largest absolute Gasteiger partial charge is 0.444 e. The molecule has 1 amide bonds. The number of aromatic nitrogens is 1. The second kappa shape index (κ2) is 4.76. The highest BCUT2D eigenvalue weighted by atomic mass is 79.9.